The fourth-order valence-corrected chi connectivity index (χ4v) is 3.16. The van der Waals surface area contributed by atoms with Gasteiger partial charge in [-0.3, -0.25) is 4.79 Å². The molecule has 1 aromatic heterocycles. The van der Waals surface area contributed by atoms with Crippen molar-refractivity contribution in [1.29, 1.82) is 0 Å². The van der Waals surface area contributed by atoms with E-state index in [-0.39, 0.29) is 17.2 Å². The SMILES string of the molecule is COc1ccsc1C(=O)N1CCC(C)(/C(N)=N/O)CC1. The van der Waals surface area contributed by atoms with E-state index in [0.29, 0.717) is 36.6 Å². The molecule has 1 saturated heterocycles. The van der Waals surface area contributed by atoms with Crippen LogP contribution >= 0.6 is 11.3 Å². The zero-order valence-corrected chi connectivity index (χ0v) is 12.4. The summed E-state index contributed by atoms with van der Waals surface area (Å²) in [4.78, 5) is 14.9. The number of rotatable bonds is 3. The summed E-state index contributed by atoms with van der Waals surface area (Å²) < 4.78 is 5.18. The summed E-state index contributed by atoms with van der Waals surface area (Å²) in [7, 11) is 1.56. The third-order valence-corrected chi connectivity index (χ3v) is 4.81. The van der Waals surface area contributed by atoms with Crippen LogP contribution in [0.15, 0.2) is 16.6 Å². The Labute approximate surface area is 121 Å². The van der Waals surface area contributed by atoms with E-state index in [1.807, 2.05) is 12.3 Å². The normalized spacial score (nSPS) is 18.9. The fourth-order valence-electron chi connectivity index (χ4n) is 2.34. The molecule has 1 fully saturated rings. The van der Waals surface area contributed by atoms with E-state index in [1.165, 1.54) is 11.3 Å². The number of methoxy groups -OCH3 is 1. The van der Waals surface area contributed by atoms with Gasteiger partial charge in [-0.15, -0.1) is 11.3 Å². The largest absolute Gasteiger partial charge is 0.495 e. The van der Waals surface area contributed by atoms with Gasteiger partial charge in [-0.2, -0.15) is 0 Å². The van der Waals surface area contributed by atoms with E-state index < -0.39 is 0 Å². The summed E-state index contributed by atoms with van der Waals surface area (Å²) in [6, 6.07) is 1.79. The van der Waals surface area contributed by atoms with Gasteiger partial charge >= 0.3 is 0 Å². The number of hydrogen-bond acceptors (Lipinski definition) is 5. The molecule has 1 amide bonds. The van der Waals surface area contributed by atoms with Crippen LogP contribution in [0.1, 0.15) is 29.4 Å². The van der Waals surface area contributed by atoms with Crippen LogP contribution in [0.25, 0.3) is 0 Å². The van der Waals surface area contributed by atoms with E-state index in [9.17, 15) is 4.79 Å². The molecule has 0 saturated carbocycles. The molecule has 2 rings (SSSR count). The number of nitrogens with two attached hydrogens (primary N) is 1. The number of carbonyl (C=O) groups is 1. The molecular weight excluding hydrogens is 278 g/mol. The second kappa shape index (κ2) is 5.70. The number of amides is 1. The molecule has 20 heavy (non-hydrogen) atoms. The molecule has 1 aliphatic heterocycles. The van der Waals surface area contributed by atoms with Crippen molar-refractivity contribution >= 4 is 23.1 Å². The first kappa shape index (κ1) is 14.6. The van der Waals surface area contributed by atoms with Gasteiger partial charge in [-0.05, 0) is 24.3 Å². The average molecular weight is 297 g/mol. The summed E-state index contributed by atoms with van der Waals surface area (Å²) in [5.41, 5.74) is 5.38. The van der Waals surface area contributed by atoms with Crippen molar-refractivity contribution in [2.24, 2.45) is 16.3 Å². The van der Waals surface area contributed by atoms with Crippen LogP contribution in [0, 0.1) is 5.41 Å². The Hall–Kier alpha value is -1.76. The van der Waals surface area contributed by atoms with Gasteiger partial charge in [0.15, 0.2) is 0 Å². The molecule has 0 radical (unpaired) electrons. The van der Waals surface area contributed by atoms with Crippen molar-refractivity contribution in [2.75, 3.05) is 20.2 Å². The summed E-state index contributed by atoms with van der Waals surface area (Å²) in [5, 5.41) is 13.8. The molecule has 1 aliphatic rings. The van der Waals surface area contributed by atoms with Gasteiger partial charge in [-0.1, -0.05) is 12.1 Å². The number of oxime groups is 1. The van der Waals surface area contributed by atoms with Crippen molar-refractivity contribution in [2.45, 2.75) is 19.8 Å². The van der Waals surface area contributed by atoms with Gasteiger partial charge in [0.05, 0.1) is 7.11 Å². The molecule has 0 unspecified atom stereocenters. The summed E-state index contributed by atoms with van der Waals surface area (Å²) in [6.45, 7) is 3.13. The molecular formula is C13H19N3O3S. The first-order chi connectivity index (χ1) is 9.51. The van der Waals surface area contributed by atoms with Crippen LogP contribution in [0.2, 0.25) is 0 Å². The summed E-state index contributed by atoms with van der Waals surface area (Å²) in [5.74, 6) is 0.835. The molecule has 0 bridgehead atoms. The maximum atomic E-state index is 12.4. The van der Waals surface area contributed by atoms with Gasteiger partial charge in [0.1, 0.15) is 16.5 Å². The van der Waals surface area contributed by atoms with Crippen LogP contribution in [0.5, 0.6) is 5.75 Å². The predicted molar refractivity (Wildman–Crippen MR) is 77.5 cm³/mol. The number of carbonyl (C=O) groups excluding carboxylic acids is 1. The lowest BCUT2D eigenvalue weighted by molar-refractivity contribution is 0.0668. The highest BCUT2D eigenvalue weighted by Crippen LogP contribution is 2.33. The third-order valence-electron chi connectivity index (χ3n) is 3.92. The smallest absolute Gasteiger partial charge is 0.267 e. The van der Waals surface area contributed by atoms with E-state index in [0.717, 1.165) is 0 Å². The Morgan fingerprint density at radius 3 is 2.75 bits per heavy atom. The lowest BCUT2D eigenvalue weighted by atomic mass is 9.79. The molecule has 0 aromatic carbocycles. The van der Waals surface area contributed by atoms with Gasteiger partial charge in [-0.25, -0.2) is 0 Å². The molecule has 0 atom stereocenters. The van der Waals surface area contributed by atoms with Crippen LogP contribution in [0.3, 0.4) is 0 Å². The minimum absolute atomic E-state index is 0.0154. The lowest BCUT2D eigenvalue weighted by Crippen LogP contribution is -2.47. The quantitative estimate of drug-likeness (QED) is 0.385. The van der Waals surface area contributed by atoms with Gasteiger partial charge in [0.2, 0.25) is 0 Å². The van der Waals surface area contributed by atoms with Gasteiger partial charge in [0.25, 0.3) is 5.91 Å². The summed E-state index contributed by atoms with van der Waals surface area (Å²) in [6.07, 6.45) is 1.37. The number of nitrogens with zero attached hydrogens (tertiary/aromatic N) is 2. The van der Waals surface area contributed by atoms with E-state index in [4.69, 9.17) is 15.7 Å². The predicted octanol–water partition coefficient (Wildman–Crippen LogP) is 1.75. The van der Waals surface area contributed by atoms with Crippen LogP contribution in [-0.4, -0.2) is 42.0 Å². The van der Waals surface area contributed by atoms with E-state index >= 15 is 0 Å². The Balaban J connectivity index is 2.06. The molecule has 1 aromatic rings. The zero-order chi connectivity index (χ0) is 14.8. The molecule has 2 heterocycles. The first-order valence-corrected chi connectivity index (χ1v) is 7.28. The number of amidine groups is 1. The third kappa shape index (κ3) is 2.58. The number of piperidine rings is 1. The minimum atomic E-state index is -0.342. The van der Waals surface area contributed by atoms with Crippen molar-refractivity contribution < 1.29 is 14.7 Å². The van der Waals surface area contributed by atoms with E-state index in [2.05, 4.69) is 5.16 Å². The maximum absolute atomic E-state index is 12.4. The van der Waals surface area contributed by atoms with Crippen LogP contribution in [-0.2, 0) is 0 Å². The van der Waals surface area contributed by atoms with E-state index in [1.54, 1.807) is 18.1 Å². The Morgan fingerprint density at radius 1 is 1.55 bits per heavy atom. The zero-order valence-electron chi connectivity index (χ0n) is 11.6. The Kier molecular flexibility index (Phi) is 4.17. The number of hydrogen-bond donors (Lipinski definition) is 2. The van der Waals surface area contributed by atoms with Gasteiger partial charge in [0, 0.05) is 18.5 Å². The van der Waals surface area contributed by atoms with Crippen molar-refractivity contribution in [1.82, 2.24) is 4.90 Å². The standard InChI is InChI=1S/C13H19N3O3S/c1-13(12(14)15-18)4-6-16(7-5-13)11(17)10-9(19-2)3-8-20-10/h3,8,18H,4-7H2,1-2H3,(H2,14,15). The molecule has 0 aliphatic carbocycles. The van der Waals surface area contributed by atoms with Crippen LogP contribution < -0.4 is 10.5 Å². The highest BCUT2D eigenvalue weighted by molar-refractivity contribution is 7.12. The topological polar surface area (TPSA) is 88.2 Å². The minimum Gasteiger partial charge on any atom is -0.495 e. The first-order valence-electron chi connectivity index (χ1n) is 6.40. The second-order valence-electron chi connectivity index (χ2n) is 5.16. The maximum Gasteiger partial charge on any atom is 0.267 e. The fraction of sp³-hybridized carbons (Fsp3) is 0.538. The summed E-state index contributed by atoms with van der Waals surface area (Å²) >= 11 is 1.38. The molecule has 6 nitrogen and oxygen atoms in total. The molecule has 7 heteroatoms. The highest BCUT2D eigenvalue weighted by atomic mass is 32.1. The Bertz CT molecular complexity index is 519. The number of thiophene rings is 1. The molecule has 0 spiro atoms. The second-order valence-corrected chi connectivity index (χ2v) is 6.07. The lowest BCUT2D eigenvalue weighted by Gasteiger charge is -2.38. The highest BCUT2D eigenvalue weighted by Gasteiger charge is 2.36. The molecule has 110 valence electrons. The number of likely N-dealkylation sites (tertiary alicyclic amines) is 1. The van der Waals surface area contributed by atoms with Gasteiger partial charge < -0.3 is 20.6 Å². The average Bonchev–Trinajstić information content (AvgIpc) is 2.94. The number of ether oxygens (including phenoxy) is 1. The van der Waals surface area contributed by atoms with Crippen molar-refractivity contribution in [3.05, 3.63) is 16.3 Å². The Morgan fingerprint density at radius 2 is 2.20 bits per heavy atom. The molecule has 3 N–H and O–H groups in total. The van der Waals surface area contributed by atoms with Crippen molar-refractivity contribution in [3.63, 3.8) is 0 Å². The monoisotopic (exact) mass is 297 g/mol. The van der Waals surface area contributed by atoms with Crippen molar-refractivity contribution in [3.8, 4) is 5.75 Å². The van der Waals surface area contributed by atoms with Crippen LogP contribution in [0.4, 0.5) is 0 Å².